The number of aromatic amines is 1. The highest BCUT2D eigenvalue weighted by Crippen LogP contribution is 2.32. The first-order valence-electron chi connectivity index (χ1n) is 9.53. The zero-order valence-corrected chi connectivity index (χ0v) is 15.7. The van der Waals surface area contributed by atoms with Gasteiger partial charge in [0.15, 0.2) is 0 Å². The predicted molar refractivity (Wildman–Crippen MR) is 102 cm³/mol. The predicted octanol–water partition coefficient (Wildman–Crippen LogP) is 2.23. The van der Waals surface area contributed by atoms with E-state index >= 15 is 0 Å². The molecule has 26 heavy (non-hydrogen) atoms. The van der Waals surface area contributed by atoms with Crippen molar-refractivity contribution in [3.8, 4) is 11.5 Å². The van der Waals surface area contributed by atoms with E-state index in [1.165, 1.54) is 5.69 Å². The molecule has 2 aliphatic rings. The van der Waals surface area contributed by atoms with Gasteiger partial charge in [0.05, 0.1) is 31.9 Å². The van der Waals surface area contributed by atoms with Crippen LogP contribution in [0.2, 0.25) is 0 Å². The van der Waals surface area contributed by atoms with E-state index in [-0.39, 0.29) is 5.60 Å². The molecule has 6 nitrogen and oxygen atoms in total. The molecule has 1 aromatic carbocycles. The SMILES string of the molecule is COc1cc(OC)c2cc(CCCNC3COC4(CCNC4)C3)[nH]c2c1. The molecule has 1 aromatic heterocycles. The van der Waals surface area contributed by atoms with Crippen molar-refractivity contribution in [3.63, 3.8) is 0 Å². The van der Waals surface area contributed by atoms with E-state index in [4.69, 9.17) is 14.2 Å². The van der Waals surface area contributed by atoms with Gasteiger partial charge in [-0.15, -0.1) is 0 Å². The number of H-pyrrole nitrogens is 1. The van der Waals surface area contributed by atoms with Crippen LogP contribution in [0.1, 0.15) is 25.0 Å². The molecule has 0 saturated carbocycles. The molecule has 2 fully saturated rings. The van der Waals surface area contributed by atoms with Crippen LogP contribution in [0.15, 0.2) is 18.2 Å². The maximum absolute atomic E-state index is 6.06. The minimum atomic E-state index is 0.102. The van der Waals surface area contributed by atoms with Crippen LogP contribution in [0, 0.1) is 0 Å². The van der Waals surface area contributed by atoms with Crippen molar-refractivity contribution < 1.29 is 14.2 Å². The van der Waals surface area contributed by atoms with Gasteiger partial charge >= 0.3 is 0 Å². The Labute approximate surface area is 154 Å². The highest BCUT2D eigenvalue weighted by atomic mass is 16.5. The van der Waals surface area contributed by atoms with Gasteiger partial charge in [0.2, 0.25) is 0 Å². The summed E-state index contributed by atoms with van der Waals surface area (Å²) in [6, 6.07) is 6.62. The first-order valence-corrected chi connectivity index (χ1v) is 9.53. The van der Waals surface area contributed by atoms with Crippen molar-refractivity contribution in [2.24, 2.45) is 0 Å². The van der Waals surface area contributed by atoms with E-state index in [9.17, 15) is 0 Å². The number of aromatic nitrogens is 1. The molecule has 2 unspecified atom stereocenters. The van der Waals surface area contributed by atoms with Crippen LogP contribution in [-0.2, 0) is 11.2 Å². The van der Waals surface area contributed by atoms with Crippen molar-refractivity contribution in [2.75, 3.05) is 40.5 Å². The molecule has 6 heteroatoms. The molecular weight excluding hydrogens is 330 g/mol. The molecule has 2 aliphatic heterocycles. The van der Waals surface area contributed by atoms with E-state index in [1.807, 2.05) is 12.1 Å². The average molecular weight is 359 g/mol. The van der Waals surface area contributed by atoms with E-state index in [1.54, 1.807) is 14.2 Å². The molecule has 0 amide bonds. The number of hydrogen-bond acceptors (Lipinski definition) is 5. The lowest BCUT2D eigenvalue weighted by atomic mass is 9.97. The number of rotatable bonds is 7. The summed E-state index contributed by atoms with van der Waals surface area (Å²) in [6.45, 7) is 3.94. The summed E-state index contributed by atoms with van der Waals surface area (Å²) in [5, 5.41) is 8.19. The average Bonchev–Trinajstić information content (AvgIpc) is 3.38. The van der Waals surface area contributed by atoms with Gasteiger partial charge in [-0.1, -0.05) is 0 Å². The molecule has 142 valence electrons. The molecular formula is C20H29N3O3. The Morgan fingerprint density at radius 1 is 1.27 bits per heavy atom. The Bertz CT molecular complexity index is 752. The van der Waals surface area contributed by atoms with Gasteiger partial charge < -0.3 is 29.8 Å². The van der Waals surface area contributed by atoms with Gasteiger partial charge in [0, 0.05) is 35.8 Å². The van der Waals surface area contributed by atoms with Crippen molar-refractivity contribution in [2.45, 2.75) is 37.3 Å². The lowest BCUT2D eigenvalue weighted by molar-refractivity contribution is 0.0209. The van der Waals surface area contributed by atoms with Crippen LogP contribution in [0.3, 0.4) is 0 Å². The summed E-state index contributed by atoms with van der Waals surface area (Å²) in [6.07, 6.45) is 4.37. The first-order chi connectivity index (χ1) is 12.7. The number of hydrogen-bond donors (Lipinski definition) is 3. The van der Waals surface area contributed by atoms with Crippen molar-refractivity contribution in [1.82, 2.24) is 15.6 Å². The van der Waals surface area contributed by atoms with E-state index in [2.05, 4.69) is 21.7 Å². The largest absolute Gasteiger partial charge is 0.497 e. The number of ether oxygens (including phenoxy) is 3. The quantitative estimate of drug-likeness (QED) is 0.662. The van der Waals surface area contributed by atoms with Gasteiger partial charge in [-0.2, -0.15) is 0 Å². The van der Waals surface area contributed by atoms with Gasteiger partial charge in [0.1, 0.15) is 11.5 Å². The molecule has 3 heterocycles. The zero-order chi connectivity index (χ0) is 18.0. The standard InChI is InChI=1S/C20H29N3O3/c1-24-16-9-18-17(19(10-16)25-2)8-14(23-18)4-3-6-22-15-11-20(26-12-15)5-7-21-13-20/h8-10,15,21-23H,3-7,11-13H2,1-2H3. The maximum Gasteiger partial charge on any atom is 0.131 e. The first kappa shape index (κ1) is 17.6. The molecule has 4 rings (SSSR count). The summed E-state index contributed by atoms with van der Waals surface area (Å²) >= 11 is 0. The second-order valence-electron chi connectivity index (χ2n) is 7.46. The Morgan fingerprint density at radius 3 is 2.96 bits per heavy atom. The summed E-state index contributed by atoms with van der Waals surface area (Å²) < 4.78 is 16.9. The minimum Gasteiger partial charge on any atom is -0.497 e. The number of fused-ring (bicyclic) bond motifs is 1. The maximum atomic E-state index is 6.06. The van der Waals surface area contributed by atoms with Gasteiger partial charge in [-0.25, -0.2) is 0 Å². The summed E-state index contributed by atoms with van der Waals surface area (Å²) in [7, 11) is 3.37. The lowest BCUT2D eigenvalue weighted by Gasteiger charge is -2.20. The van der Waals surface area contributed by atoms with Crippen LogP contribution in [0.5, 0.6) is 11.5 Å². The number of methoxy groups -OCH3 is 2. The Morgan fingerprint density at radius 2 is 2.19 bits per heavy atom. The monoisotopic (exact) mass is 359 g/mol. The highest BCUT2D eigenvalue weighted by Gasteiger charge is 2.42. The van der Waals surface area contributed by atoms with Crippen molar-refractivity contribution in [3.05, 3.63) is 23.9 Å². The lowest BCUT2D eigenvalue weighted by Crippen LogP contribution is -2.34. The second-order valence-corrected chi connectivity index (χ2v) is 7.46. The van der Waals surface area contributed by atoms with E-state index < -0.39 is 0 Å². The fourth-order valence-electron chi connectivity index (χ4n) is 4.24. The third-order valence-electron chi connectivity index (χ3n) is 5.65. The highest BCUT2D eigenvalue weighted by molar-refractivity contribution is 5.88. The molecule has 2 atom stereocenters. The van der Waals surface area contributed by atoms with Crippen LogP contribution in [0.4, 0.5) is 0 Å². The Balaban J connectivity index is 1.30. The number of nitrogens with one attached hydrogen (secondary N) is 3. The van der Waals surface area contributed by atoms with Gasteiger partial charge in [-0.3, -0.25) is 0 Å². The minimum absolute atomic E-state index is 0.102. The van der Waals surface area contributed by atoms with Crippen LogP contribution >= 0.6 is 0 Å². The molecule has 2 aromatic rings. The smallest absolute Gasteiger partial charge is 0.131 e. The number of benzene rings is 1. The molecule has 1 spiro atoms. The molecule has 0 radical (unpaired) electrons. The molecule has 2 saturated heterocycles. The summed E-state index contributed by atoms with van der Waals surface area (Å²) in [5.74, 6) is 1.65. The fraction of sp³-hybridized carbons (Fsp3) is 0.600. The van der Waals surface area contributed by atoms with Crippen molar-refractivity contribution >= 4 is 10.9 Å². The zero-order valence-electron chi connectivity index (χ0n) is 15.7. The summed E-state index contributed by atoms with van der Waals surface area (Å²) in [5.41, 5.74) is 2.39. The van der Waals surface area contributed by atoms with E-state index in [0.717, 1.165) is 74.3 Å². The third-order valence-corrected chi connectivity index (χ3v) is 5.65. The third kappa shape index (κ3) is 3.54. The topological polar surface area (TPSA) is 67.5 Å². The number of aryl methyl sites for hydroxylation is 1. The normalized spacial score (nSPS) is 25.4. The van der Waals surface area contributed by atoms with Crippen molar-refractivity contribution in [1.29, 1.82) is 0 Å². The van der Waals surface area contributed by atoms with E-state index in [0.29, 0.717) is 6.04 Å². The molecule has 3 N–H and O–H groups in total. The van der Waals surface area contributed by atoms with Crippen LogP contribution < -0.4 is 20.1 Å². The van der Waals surface area contributed by atoms with Gasteiger partial charge in [-0.05, 0) is 44.8 Å². The molecule has 0 aliphatic carbocycles. The van der Waals surface area contributed by atoms with Gasteiger partial charge in [0.25, 0.3) is 0 Å². The van der Waals surface area contributed by atoms with Crippen LogP contribution in [-0.4, -0.2) is 57.1 Å². The Hall–Kier alpha value is -1.76. The molecule has 0 bridgehead atoms. The van der Waals surface area contributed by atoms with Crippen LogP contribution in [0.25, 0.3) is 10.9 Å². The Kier molecular flexibility index (Phi) is 5.07. The summed E-state index contributed by atoms with van der Waals surface area (Å²) in [4.78, 5) is 3.49. The second kappa shape index (κ2) is 7.47. The fourth-order valence-corrected chi connectivity index (χ4v) is 4.24.